The smallest absolute Gasteiger partial charge is 0.307 e. The summed E-state index contributed by atoms with van der Waals surface area (Å²) in [4.78, 5) is 29.2. The van der Waals surface area contributed by atoms with Crippen molar-refractivity contribution < 1.29 is 27.9 Å². The predicted octanol–water partition coefficient (Wildman–Crippen LogP) is 4.32. The Morgan fingerprint density at radius 2 is 1.89 bits per heavy atom. The zero-order valence-electron chi connectivity index (χ0n) is 19.7. The number of thiazole rings is 1. The molecule has 190 valence electrons. The van der Waals surface area contributed by atoms with E-state index in [4.69, 9.17) is 9.72 Å². The normalized spacial score (nSPS) is 20.8. The number of nitrogens with one attached hydrogen (secondary N) is 1. The Morgan fingerprint density at radius 1 is 1.11 bits per heavy atom. The summed E-state index contributed by atoms with van der Waals surface area (Å²) >= 11 is 1.50. The lowest BCUT2D eigenvalue weighted by molar-refractivity contribution is -0.147. The van der Waals surface area contributed by atoms with Crippen LogP contribution in [0.2, 0.25) is 0 Å². The van der Waals surface area contributed by atoms with Crippen LogP contribution in [0.25, 0.3) is 21.3 Å². The Labute approximate surface area is 213 Å². The van der Waals surface area contributed by atoms with Gasteiger partial charge in [0, 0.05) is 42.2 Å². The van der Waals surface area contributed by atoms with Gasteiger partial charge < -0.3 is 15.2 Å². The number of aromatic nitrogens is 1. The minimum absolute atomic E-state index is 0.0435. The molecule has 1 aromatic heterocycles. The lowest BCUT2D eigenvalue weighted by Crippen LogP contribution is -2.32. The molecule has 8 nitrogen and oxygen atoms in total. The number of carboxylic acids is 1. The molecule has 3 aromatic rings. The minimum Gasteiger partial charge on any atom is -0.481 e. The SMILES string of the molecule is O=C(CC(C(=O)O)C1CCOCC1)Nc1ccc2ccc(-c3nc(C4CCS(=O)(=O)C4)cs3)cc2c1. The number of fused-ring (bicyclic) bond motifs is 1. The number of ether oxygens (including phenoxy) is 1. The molecule has 1 amide bonds. The van der Waals surface area contributed by atoms with Gasteiger partial charge in [-0.3, -0.25) is 9.59 Å². The van der Waals surface area contributed by atoms with Gasteiger partial charge in [0.05, 0.1) is 23.1 Å². The van der Waals surface area contributed by atoms with Crippen LogP contribution in [0.15, 0.2) is 41.8 Å². The molecule has 2 aromatic carbocycles. The number of aliphatic carboxylic acids is 1. The van der Waals surface area contributed by atoms with Gasteiger partial charge in [0.1, 0.15) is 5.01 Å². The van der Waals surface area contributed by atoms with Crippen LogP contribution in [0.1, 0.15) is 37.3 Å². The van der Waals surface area contributed by atoms with Crippen LogP contribution >= 0.6 is 11.3 Å². The van der Waals surface area contributed by atoms with Crippen molar-refractivity contribution in [1.29, 1.82) is 0 Å². The minimum atomic E-state index is -2.97. The molecule has 2 atom stereocenters. The Bertz CT molecular complexity index is 1390. The summed E-state index contributed by atoms with van der Waals surface area (Å²) in [7, 11) is -2.97. The van der Waals surface area contributed by atoms with Gasteiger partial charge >= 0.3 is 5.97 Å². The first kappa shape index (κ1) is 24.9. The molecule has 10 heteroatoms. The van der Waals surface area contributed by atoms with Gasteiger partial charge in [-0.25, -0.2) is 13.4 Å². The maximum atomic E-state index is 12.7. The summed E-state index contributed by atoms with van der Waals surface area (Å²) in [6, 6.07) is 11.6. The standard InChI is InChI=1S/C26H28N2O6S2/c29-24(13-22(26(30)31)17-5-8-34-9-6-17)27-21-4-3-16-1-2-18(11-20(16)12-21)25-28-23(14-35-25)19-7-10-36(32,33)15-19/h1-4,11-12,14,17,19,22H,5-10,13,15H2,(H,27,29)(H,30,31). The van der Waals surface area contributed by atoms with Crippen molar-refractivity contribution in [2.24, 2.45) is 11.8 Å². The van der Waals surface area contributed by atoms with Crippen molar-refractivity contribution in [3.8, 4) is 10.6 Å². The highest BCUT2D eigenvalue weighted by Crippen LogP contribution is 2.34. The molecule has 2 aliphatic rings. The zero-order chi connectivity index (χ0) is 25.3. The van der Waals surface area contributed by atoms with Crippen molar-refractivity contribution in [1.82, 2.24) is 4.98 Å². The van der Waals surface area contributed by atoms with Crippen molar-refractivity contribution >= 4 is 49.5 Å². The molecule has 0 saturated carbocycles. The molecule has 2 fully saturated rings. The van der Waals surface area contributed by atoms with E-state index in [9.17, 15) is 23.1 Å². The van der Waals surface area contributed by atoms with E-state index in [1.165, 1.54) is 11.3 Å². The van der Waals surface area contributed by atoms with E-state index >= 15 is 0 Å². The van der Waals surface area contributed by atoms with E-state index in [1.807, 2.05) is 41.8 Å². The molecule has 0 aliphatic carbocycles. The first-order valence-electron chi connectivity index (χ1n) is 12.1. The quantitative estimate of drug-likeness (QED) is 0.468. The largest absolute Gasteiger partial charge is 0.481 e. The van der Waals surface area contributed by atoms with E-state index in [-0.39, 0.29) is 35.7 Å². The first-order valence-corrected chi connectivity index (χ1v) is 14.8. The van der Waals surface area contributed by atoms with E-state index in [2.05, 4.69) is 5.32 Å². The first-order chi connectivity index (χ1) is 17.3. The number of carbonyl (C=O) groups is 2. The zero-order valence-corrected chi connectivity index (χ0v) is 21.3. The van der Waals surface area contributed by atoms with E-state index in [0.29, 0.717) is 38.2 Å². The van der Waals surface area contributed by atoms with E-state index in [1.54, 1.807) is 0 Å². The molecule has 36 heavy (non-hydrogen) atoms. The molecule has 2 N–H and O–H groups in total. The average molecular weight is 529 g/mol. The summed E-state index contributed by atoms with van der Waals surface area (Å²) in [5.74, 6) is -1.72. The third-order valence-electron chi connectivity index (χ3n) is 7.10. The van der Waals surface area contributed by atoms with Crippen LogP contribution in [-0.4, -0.2) is 55.1 Å². The summed E-state index contributed by atoms with van der Waals surface area (Å²) < 4.78 is 29.0. The molecule has 3 heterocycles. The number of carboxylic acid groups (broad SMARTS) is 1. The molecule has 0 bridgehead atoms. The van der Waals surface area contributed by atoms with Crippen LogP contribution in [0.3, 0.4) is 0 Å². The highest BCUT2D eigenvalue weighted by atomic mass is 32.2. The van der Waals surface area contributed by atoms with Crippen molar-refractivity contribution in [2.75, 3.05) is 30.0 Å². The summed E-state index contributed by atoms with van der Waals surface area (Å²) in [5, 5.41) is 17.2. The van der Waals surface area contributed by atoms with Gasteiger partial charge in [0.15, 0.2) is 9.84 Å². The van der Waals surface area contributed by atoms with Crippen molar-refractivity contribution in [3.63, 3.8) is 0 Å². The number of nitrogens with zero attached hydrogens (tertiary/aromatic N) is 1. The van der Waals surface area contributed by atoms with Crippen LogP contribution in [0.5, 0.6) is 0 Å². The van der Waals surface area contributed by atoms with Gasteiger partial charge in [-0.2, -0.15) is 0 Å². The van der Waals surface area contributed by atoms with Crippen molar-refractivity contribution in [3.05, 3.63) is 47.5 Å². The number of sulfone groups is 1. The number of carbonyl (C=O) groups excluding carboxylic acids is 1. The number of benzene rings is 2. The number of hydrogen-bond donors (Lipinski definition) is 2. The second kappa shape index (κ2) is 10.3. The highest BCUT2D eigenvalue weighted by Gasteiger charge is 2.32. The molecule has 0 spiro atoms. The molecular formula is C26H28N2O6S2. The molecular weight excluding hydrogens is 500 g/mol. The second-order valence-corrected chi connectivity index (χ2v) is 12.7. The van der Waals surface area contributed by atoms with Gasteiger partial charge in [0.25, 0.3) is 0 Å². The van der Waals surface area contributed by atoms with Gasteiger partial charge in [-0.15, -0.1) is 11.3 Å². The third-order valence-corrected chi connectivity index (χ3v) is 9.78. The van der Waals surface area contributed by atoms with Gasteiger partial charge in [0.2, 0.25) is 5.91 Å². The lowest BCUT2D eigenvalue weighted by Gasteiger charge is -2.27. The Kier molecular flexibility index (Phi) is 7.09. The fourth-order valence-electron chi connectivity index (χ4n) is 5.08. The Balaban J connectivity index is 1.30. The van der Waals surface area contributed by atoms with Crippen LogP contribution in [-0.2, 0) is 24.2 Å². The topological polar surface area (TPSA) is 123 Å². The van der Waals surface area contributed by atoms with Crippen molar-refractivity contribution in [2.45, 2.75) is 31.6 Å². The maximum Gasteiger partial charge on any atom is 0.307 e. The van der Waals surface area contributed by atoms with E-state index in [0.717, 1.165) is 27.0 Å². The highest BCUT2D eigenvalue weighted by molar-refractivity contribution is 7.91. The maximum absolute atomic E-state index is 12.7. The average Bonchev–Trinajstić information content (AvgIpc) is 3.49. The summed E-state index contributed by atoms with van der Waals surface area (Å²) in [5.41, 5.74) is 2.36. The molecule has 2 aliphatic heterocycles. The fourth-order valence-corrected chi connectivity index (χ4v) is 7.74. The molecule has 2 unspecified atom stereocenters. The fraction of sp³-hybridized carbons (Fsp3) is 0.423. The van der Waals surface area contributed by atoms with Gasteiger partial charge in [-0.1, -0.05) is 18.2 Å². The Morgan fingerprint density at radius 3 is 2.61 bits per heavy atom. The molecule has 2 saturated heterocycles. The molecule has 5 rings (SSSR count). The number of hydrogen-bond acceptors (Lipinski definition) is 7. The lowest BCUT2D eigenvalue weighted by atomic mass is 9.83. The summed E-state index contributed by atoms with van der Waals surface area (Å²) in [6.45, 7) is 1.06. The van der Waals surface area contributed by atoms with E-state index < -0.39 is 21.7 Å². The van der Waals surface area contributed by atoms with Crippen LogP contribution in [0, 0.1) is 11.8 Å². The number of rotatable bonds is 7. The predicted molar refractivity (Wildman–Crippen MR) is 139 cm³/mol. The number of amides is 1. The Hall–Kier alpha value is -2.82. The monoisotopic (exact) mass is 528 g/mol. The summed E-state index contributed by atoms with van der Waals surface area (Å²) in [6.07, 6.45) is 1.84. The molecule has 0 radical (unpaired) electrons. The number of anilines is 1. The van der Waals surface area contributed by atoms with Crippen LogP contribution in [0.4, 0.5) is 5.69 Å². The van der Waals surface area contributed by atoms with Crippen LogP contribution < -0.4 is 5.32 Å². The third kappa shape index (κ3) is 5.61. The second-order valence-electron chi connectivity index (χ2n) is 9.60. The van der Waals surface area contributed by atoms with Gasteiger partial charge in [-0.05, 0) is 54.2 Å².